The highest BCUT2D eigenvalue weighted by Crippen LogP contribution is 2.33. The number of aromatic nitrogens is 1. The van der Waals surface area contributed by atoms with E-state index in [1.807, 2.05) is 12.1 Å². The second-order valence-electron chi connectivity index (χ2n) is 4.99. The summed E-state index contributed by atoms with van der Waals surface area (Å²) >= 11 is 0. The van der Waals surface area contributed by atoms with E-state index in [0.717, 1.165) is 19.3 Å². The van der Waals surface area contributed by atoms with Crippen LogP contribution in [0.4, 0.5) is 0 Å². The number of benzene rings is 1. The van der Waals surface area contributed by atoms with Gasteiger partial charge in [0.25, 0.3) is 0 Å². The van der Waals surface area contributed by atoms with Gasteiger partial charge in [0.2, 0.25) is 0 Å². The summed E-state index contributed by atoms with van der Waals surface area (Å²) in [7, 11) is 0. The molecule has 1 aromatic heterocycles. The molecule has 3 rings (SSSR count). The zero-order valence-corrected chi connectivity index (χ0v) is 11.2. The summed E-state index contributed by atoms with van der Waals surface area (Å²) in [6, 6.07) is 11.9. The van der Waals surface area contributed by atoms with Crippen molar-refractivity contribution < 1.29 is 4.74 Å². The Kier molecular flexibility index (Phi) is 3.37. The topological polar surface area (TPSA) is 72.0 Å². The van der Waals surface area contributed by atoms with Crippen LogP contribution in [0.1, 0.15) is 35.8 Å². The lowest BCUT2D eigenvalue weighted by Gasteiger charge is -2.26. The molecule has 0 spiro atoms. The highest BCUT2D eigenvalue weighted by Gasteiger charge is 2.21. The number of nitrogen functional groups attached to an aromatic ring is 1. The van der Waals surface area contributed by atoms with Crippen molar-refractivity contribution in [1.29, 1.82) is 5.41 Å². The van der Waals surface area contributed by atoms with Crippen LogP contribution in [-0.2, 0) is 6.42 Å². The molecule has 0 saturated carbocycles. The van der Waals surface area contributed by atoms with Crippen molar-refractivity contribution >= 4 is 5.84 Å². The minimum Gasteiger partial charge on any atom is -0.486 e. The second kappa shape index (κ2) is 5.33. The van der Waals surface area contributed by atoms with Gasteiger partial charge < -0.3 is 10.5 Å². The summed E-state index contributed by atoms with van der Waals surface area (Å²) in [6.07, 6.45) is 4.95. The van der Waals surface area contributed by atoms with Gasteiger partial charge in [0.15, 0.2) is 0 Å². The van der Waals surface area contributed by atoms with Gasteiger partial charge >= 0.3 is 0 Å². The largest absolute Gasteiger partial charge is 0.486 e. The molecule has 1 heterocycles. The SMILES string of the molecule is N=C(N)c1cc(OC2CCCc3ccccc32)ccn1. The van der Waals surface area contributed by atoms with Crippen LogP contribution in [0.2, 0.25) is 0 Å². The van der Waals surface area contributed by atoms with E-state index in [4.69, 9.17) is 15.9 Å². The predicted octanol–water partition coefficient (Wildman–Crippen LogP) is 2.82. The average Bonchev–Trinajstić information content (AvgIpc) is 2.48. The van der Waals surface area contributed by atoms with Crippen LogP contribution in [0, 0.1) is 5.41 Å². The molecule has 20 heavy (non-hydrogen) atoms. The van der Waals surface area contributed by atoms with Crippen molar-refractivity contribution in [1.82, 2.24) is 4.98 Å². The molecule has 1 aromatic carbocycles. The van der Waals surface area contributed by atoms with Crippen molar-refractivity contribution in [2.75, 3.05) is 0 Å². The minimum absolute atomic E-state index is 0.0421. The minimum atomic E-state index is -0.0421. The number of aryl methyl sites for hydroxylation is 1. The van der Waals surface area contributed by atoms with Gasteiger partial charge in [-0.25, -0.2) is 0 Å². The summed E-state index contributed by atoms with van der Waals surface area (Å²) in [5, 5.41) is 7.43. The van der Waals surface area contributed by atoms with E-state index in [0.29, 0.717) is 11.4 Å². The molecule has 0 fully saturated rings. The smallest absolute Gasteiger partial charge is 0.141 e. The molecule has 1 atom stereocenters. The lowest BCUT2D eigenvalue weighted by Crippen LogP contribution is -2.16. The molecule has 0 aliphatic heterocycles. The molecular weight excluding hydrogens is 250 g/mol. The number of ether oxygens (including phenoxy) is 1. The Bertz CT molecular complexity index is 639. The maximum atomic E-state index is 7.43. The molecule has 1 aliphatic rings. The Hall–Kier alpha value is -2.36. The number of nitrogens with one attached hydrogen (secondary N) is 1. The van der Waals surface area contributed by atoms with Gasteiger partial charge in [-0.1, -0.05) is 24.3 Å². The number of hydrogen-bond acceptors (Lipinski definition) is 3. The monoisotopic (exact) mass is 267 g/mol. The van der Waals surface area contributed by atoms with E-state index in [9.17, 15) is 0 Å². The van der Waals surface area contributed by atoms with Crippen molar-refractivity contribution in [2.45, 2.75) is 25.4 Å². The standard InChI is InChI=1S/C16H17N3O/c17-16(18)14-10-12(8-9-19-14)20-15-7-3-5-11-4-1-2-6-13(11)15/h1-2,4,6,8-10,15H,3,5,7H2,(H3,17,18). The van der Waals surface area contributed by atoms with E-state index in [1.54, 1.807) is 12.3 Å². The molecule has 1 unspecified atom stereocenters. The van der Waals surface area contributed by atoms with E-state index in [-0.39, 0.29) is 11.9 Å². The van der Waals surface area contributed by atoms with E-state index in [1.165, 1.54) is 11.1 Å². The third-order valence-electron chi connectivity index (χ3n) is 3.60. The number of fused-ring (bicyclic) bond motifs is 1. The molecule has 102 valence electrons. The molecule has 2 aromatic rings. The summed E-state index contributed by atoms with van der Waals surface area (Å²) in [5.74, 6) is 0.673. The summed E-state index contributed by atoms with van der Waals surface area (Å²) < 4.78 is 6.08. The fraction of sp³-hybridized carbons (Fsp3) is 0.250. The van der Waals surface area contributed by atoms with E-state index in [2.05, 4.69) is 23.2 Å². The van der Waals surface area contributed by atoms with Crippen molar-refractivity contribution in [2.24, 2.45) is 5.73 Å². The number of amidine groups is 1. The van der Waals surface area contributed by atoms with Gasteiger partial charge in [-0.3, -0.25) is 10.4 Å². The maximum Gasteiger partial charge on any atom is 0.141 e. The van der Waals surface area contributed by atoms with Gasteiger partial charge in [-0.15, -0.1) is 0 Å². The highest BCUT2D eigenvalue weighted by atomic mass is 16.5. The van der Waals surface area contributed by atoms with Crippen molar-refractivity contribution in [3.63, 3.8) is 0 Å². The van der Waals surface area contributed by atoms with Crippen molar-refractivity contribution in [3.8, 4) is 5.75 Å². The lowest BCUT2D eigenvalue weighted by molar-refractivity contribution is 0.183. The molecule has 3 N–H and O–H groups in total. The number of hydrogen-bond donors (Lipinski definition) is 2. The van der Waals surface area contributed by atoms with Crippen LogP contribution in [0.3, 0.4) is 0 Å². The molecule has 4 nitrogen and oxygen atoms in total. The first-order chi connectivity index (χ1) is 9.74. The quantitative estimate of drug-likeness (QED) is 0.663. The summed E-state index contributed by atoms with van der Waals surface area (Å²) in [4.78, 5) is 4.05. The Morgan fingerprint density at radius 1 is 1.30 bits per heavy atom. The van der Waals surface area contributed by atoms with Gasteiger partial charge in [0.05, 0.1) is 0 Å². The normalized spacial score (nSPS) is 17.3. The number of pyridine rings is 1. The Morgan fingerprint density at radius 2 is 2.15 bits per heavy atom. The predicted molar refractivity (Wildman–Crippen MR) is 78.0 cm³/mol. The van der Waals surface area contributed by atoms with Crippen LogP contribution in [0.15, 0.2) is 42.6 Å². The molecular formula is C16H17N3O. The van der Waals surface area contributed by atoms with Crippen LogP contribution < -0.4 is 10.5 Å². The van der Waals surface area contributed by atoms with Crippen LogP contribution in [0.5, 0.6) is 5.75 Å². The third kappa shape index (κ3) is 2.50. The first-order valence-corrected chi connectivity index (χ1v) is 6.79. The molecule has 0 radical (unpaired) electrons. The zero-order valence-electron chi connectivity index (χ0n) is 11.2. The molecule has 0 amide bonds. The lowest BCUT2D eigenvalue weighted by atomic mass is 9.89. The van der Waals surface area contributed by atoms with Gasteiger partial charge in [-0.05, 0) is 36.5 Å². The fourth-order valence-electron chi connectivity index (χ4n) is 2.63. The number of nitrogens with two attached hydrogens (primary N) is 1. The first-order valence-electron chi connectivity index (χ1n) is 6.79. The summed E-state index contributed by atoms with van der Waals surface area (Å²) in [6.45, 7) is 0. The molecule has 4 heteroatoms. The Morgan fingerprint density at radius 3 is 3.00 bits per heavy atom. The number of nitrogens with zero attached hydrogens (tertiary/aromatic N) is 1. The number of rotatable bonds is 3. The van der Waals surface area contributed by atoms with Crippen LogP contribution in [0.25, 0.3) is 0 Å². The Balaban J connectivity index is 1.85. The molecule has 0 bridgehead atoms. The first kappa shape index (κ1) is 12.7. The van der Waals surface area contributed by atoms with Gasteiger partial charge in [-0.2, -0.15) is 0 Å². The van der Waals surface area contributed by atoms with Gasteiger partial charge in [0, 0.05) is 12.3 Å². The van der Waals surface area contributed by atoms with Crippen LogP contribution >= 0.6 is 0 Å². The van der Waals surface area contributed by atoms with Gasteiger partial charge in [0.1, 0.15) is 23.4 Å². The average molecular weight is 267 g/mol. The third-order valence-corrected chi connectivity index (χ3v) is 3.60. The van der Waals surface area contributed by atoms with Crippen LogP contribution in [-0.4, -0.2) is 10.8 Å². The molecule has 1 aliphatic carbocycles. The summed E-state index contributed by atoms with van der Waals surface area (Å²) in [5.41, 5.74) is 8.54. The highest BCUT2D eigenvalue weighted by molar-refractivity contribution is 5.93. The second-order valence-corrected chi connectivity index (χ2v) is 4.99. The zero-order chi connectivity index (χ0) is 13.9. The van der Waals surface area contributed by atoms with E-state index < -0.39 is 0 Å². The molecule has 0 saturated heterocycles. The maximum absolute atomic E-state index is 7.43. The van der Waals surface area contributed by atoms with E-state index >= 15 is 0 Å². The Labute approximate surface area is 118 Å². The van der Waals surface area contributed by atoms with Crippen molar-refractivity contribution in [3.05, 3.63) is 59.4 Å². The fourth-order valence-corrected chi connectivity index (χ4v) is 2.63.